The Balaban J connectivity index is 1.45. The lowest BCUT2D eigenvalue weighted by molar-refractivity contribution is -0.137. The number of hydrogen-bond acceptors (Lipinski definition) is 5. The maximum Gasteiger partial charge on any atom is 0.416 e. The Morgan fingerprint density at radius 1 is 1.22 bits per heavy atom. The highest BCUT2D eigenvalue weighted by atomic mass is 35.5. The standard InChI is InChI=1S/C20H21ClF3N3O4S/c21-18-17(5-2-8-25-18)32(29,30)27-10-6-14(7-11-27)19(28)26-9-12-31-16-4-1-3-15(13-16)20(22,23)24/h1-5,8,13-14H,6-7,9-12H2,(H,26,28). The molecule has 7 nitrogen and oxygen atoms in total. The predicted molar refractivity (Wildman–Crippen MR) is 111 cm³/mol. The number of aromatic nitrogens is 1. The lowest BCUT2D eigenvalue weighted by Crippen LogP contribution is -2.43. The van der Waals surface area contributed by atoms with E-state index >= 15 is 0 Å². The Bertz CT molecular complexity index is 1060. The number of rotatable bonds is 7. The van der Waals surface area contributed by atoms with Crippen LogP contribution in [0.2, 0.25) is 5.15 Å². The van der Waals surface area contributed by atoms with Crippen LogP contribution in [0.3, 0.4) is 0 Å². The van der Waals surface area contributed by atoms with Gasteiger partial charge >= 0.3 is 6.18 Å². The summed E-state index contributed by atoms with van der Waals surface area (Å²) >= 11 is 5.90. The summed E-state index contributed by atoms with van der Waals surface area (Å²) in [5.41, 5.74) is -0.812. The molecule has 0 bridgehead atoms. The van der Waals surface area contributed by atoms with E-state index in [0.29, 0.717) is 12.8 Å². The van der Waals surface area contributed by atoms with Crippen LogP contribution >= 0.6 is 11.6 Å². The summed E-state index contributed by atoms with van der Waals surface area (Å²) in [4.78, 5) is 16.1. The molecule has 32 heavy (non-hydrogen) atoms. The number of nitrogens with one attached hydrogen (secondary N) is 1. The lowest BCUT2D eigenvalue weighted by Gasteiger charge is -2.30. The van der Waals surface area contributed by atoms with Gasteiger partial charge in [0.2, 0.25) is 15.9 Å². The van der Waals surface area contributed by atoms with Crippen LogP contribution in [-0.4, -0.2) is 49.9 Å². The Kier molecular flexibility index (Phi) is 7.63. The average Bonchev–Trinajstić information content (AvgIpc) is 2.76. The van der Waals surface area contributed by atoms with E-state index in [1.165, 1.54) is 34.8 Å². The van der Waals surface area contributed by atoms with Crippen LogP contribution in [-0.2, 0) is 21.0 Å². The zero-order valence-corrected chi connectivity index (χ0v) is 18.4. The molecule has 1 aliphatic rings. The Hall–Kier alpha value is -2.37. The molecule has 1 amide bonds. The van der Waals surface area contributed by atoms with Gasteiger partial charge in [-0.1, -0.05) is 17.7 Å². The molecule has 0 atom stereocenters. The molecule has 174 valence electrons. The van der Waals surface area contributed by atoms with Crippen molar-refractivity contribution in [1.82, 2.24) is 14.6 Å². The van der Waals surface area contributed by atoms with Gasteiger partial charge in [0, 0.05) is 25.2 Å². The minimum Gasteiger partial charge on any atom is -0.492 e. The highest BCUT2D eigenvalue weighted by Crippen LogP contribution is 2.31. The van der Waals surface area contributed by atoms with E-state index in [1.54, 1.807) is 0 Å². The van der Waals surface area contributed by atoms with Crippen LogP contribution in [0, 0.1) is 5.92 Å². The first-order chi connectivity index (χ1) is 15.1. The second kappa shape index (κ2) is 10.1. The van der Waals surface area contributed by atoms with E-state index in [-0.39, 0.29) is 53.9 Å². The fourth-order valence-electron chi connectivity index (χ4n) is 3.31. The van der Waals surface area contributed by atoms with Gasteiger partial charge in [0.1, 0.15) is 22.4 Å². The zero-order chi connectivity index (χ0) is 23.4. The van der Waals surface area contributed by atoms with Gasteiger partial charge in [0.05, 0.1) is 12.1 Å². The van der Waals surface area contributed by atoms with E-state index < -0.39 is 21.8 Å². The molecule has 3 rings (SSSR count). The molecule has 1 aliphatic heterocycles. The van der Waals surface area contributed by atoms with Gasteiger partial charge in [0.15, 0.2) is 0 Å². The van der Waals surface area contributed by atoms with Crippen LogP contribution in [0.25, 0.3) is 0 Å². The van der Waals surface area contributed by atoms with Crippen LogP contribution in [0.15, 0.2) is 47.5 Å². The van der Waals surface area contributed by atoms with Crippen molar-refractivity contribution in [1.29, 1.82) is 0 Å². The predicted octanol–water partition coefficient (Wildman–Crippen LogP) is 3.35. The number of piperidine rings is 1. The molecule has 2 aromatic rings. The summed E-state index contributed by atoms with van der Waals surface area (Å²) in [6.07, 6.45) is -2.40. The summed E-state index contributed by atoms with van der Waals surface area (Å²) in [7, 11) is -3.80. The number of alkyl halides is 3. The normalized spacial score (nSPS) is 16.0. The Morgan fingerprint density at radius 2 is 1.94 bits per heavy atom. The molecule has 0 radical (unpaired) electrons. The van der Waals surface area contributed by atoms with E-state index in [2.05, 4.69) is 10.3 Å². The van der Waals surface area contributed by atoms with E-state index in [0.717, 1.165) is 12.1 Å². The summed E-state index contributed by atoms with van der Waals surface area (Å²) in [5.74, 6) is -0.574. The Morgan fingerprint density at radius 3 is 2.59 bits per heavy atom. The number of carbonyl (C=O) groups excluding carboxylic acids is 1. The number of nitrogens with zero attached hydrogens (tertiary/aromatic N) is 2. The molecule has 0 spiro atoms. The van der Waals surface area contributed by atoms with Crippen LogP contribution in [0.5, 0.6) is 5.75 Å². The summed E-state index contributed by atoms with van der Waals surface area (Å²) in [6.45, 7) is 0.428. The van der Waals surface area contributed by atoms with Crippen molar-refractivity contribution in [3.63, 3.8) is 0 Å². The number of sulfonamides is 1. The number of halogens is 4. The Labute approximate surface area is 188 Å². The number of benzene rings is 1. The smallest absolute Gasteiger partial charge is 0.416 e. The van der Waals surface area contributed by atoms with Crippen molar-refractivity contribution >= 4 is 27.5 Å². The van der Waals surface area contributed by atoms with Crippen molar-refractivity contribution in [2.75, 3.05) is 26.2 Å². The topological polar surface area (TPSA) is 88.6 Å². The largest absolute Gasteiger partial charge is 0.492 e. The molecular formula is C20H21ClF3N3O4S. The van der Waals surface area contributed by atoms with Gasteiger partial charge in [-0.3, -0.25) is 4.79 Å². The van der Waals surface area contributed by atoms with Crippen molar-refractivity contribution < 1.29 is 31.1 Å². The van der Waals surface area contributed by atoms with Crippen molar-refractivity contribution in [2.24, 2.45) is 5.92 Å². The van der Waals surface area contributed by atoms with Gasteiger partial charge in [0.25, 0.3) is 0 Å². The summed E-state index contributed by atoms with van der Waals surface area (Å²) in [6, 6.07) is 7.36. The maximum absolute atomic E-state index is 12.7. The quantitative estimate of drug-likeness (QED) is 0.474. The molecule has 12 heteroatoms. The second-order valence-electron chi connectivity index (χ2n) is 7.14. The first kappa shape index (κ1) is 24.3. The van der Waals surface area contributed by atoms with Crippen LogP contribution in [0.4, 0.5) is 13.2 Å². The van der Waals surface area contributed by atoms with Gasteiger partial charge in [-0.05, 0) is 43.2 Å². The highest BCUT2D eigenvalue weighted by molar-refractivity contribution is 7.89. The lowest BCUT2D eigenvalue weighted by atomic mass is 9.97. The van der Waals surface area contributed by atoms with Crippen molar-refractivity contribution in [3.05, 3.63) is 53.3 Å². The van der Waals surface area contributed by atoms with Gasteiger partial charge in [-0.25, -0.2) is 13.4 Å². The van der Waals surface area contributed by atoms with Crippen molar-refractivity contribution in [2.45, 2.75) is 23.9 Å². The average molecular weight is 492 g/mol. The number of hydrogen-bond donors (Lipinski definition) is 1. The first-order valence-corrected chi connectivity index (χ1v) is 11.6. The second-order valence-corrected chi connectivity index (χ2v) is 9.40. The molecule has 1 aromatic heterocycles. The molecule has 0 unspecified atom stereocenters. The molecule has 1 N–H and O–H groups in total. The molecule has 0 aliphatic carbocycles. The van der Waals surface area contributed by atoms with Gasteiger partial charge in [-0.15, -0.1) is 0 Å². The minimum atomic E-state index is -4.46. The maximum atomic E-state index is 12.7. The third-order valence-electron chi connectivity index (χ3n) is 5.00. The summed E-state index contributed by atoms with van der Waals surface area (Å²) in [5, 5.41) is 2.57. The molecule has 1 aromatic carbocycles. The van der Waals surface area contributed by atoms with Gasteiger partial charge < -0.3 is 10.1 Å². The first-order valence-electron chi connectivity index (χ1n) is 9.77. The molecule has 1 fully saturated rings. The van der Waals surface area contributed by atoms with E-state index in [4.69, 9.17) is 16.3 Å². The number of carbonyl (C=O) groups is 1. The molecule has 0 saturated carbocycles. The van der Waals surface area contributed by atoms with Gasteiger partial charge in [-0.2, -0.15) is 17.5 Å². The van der Waals surface area contributed by atoms with Crippen LogP contribution < -0.4 is 10.1 Å². The number of pyridine rings is 1. The number of amides is 1. The third kappa shape index (κ3) is 5.90. The minimum absolute atomic E-state index is 0.000217. The van der Waals surface area contributed by atoms with E-state index in [1.807, 2.05) is 0 Å². The van der Waals surface area contributed by atoms with Crippen LogP contribution in [0.1, 0.15) is 18.4 Å². The van der Waals surface area contributed by atoms with E-state index in [9.17, 15) is 26.4 Å². The summed E-state index contributed by atoms with van der Waals surface area (Å²) < 4.78 is 70.2. The molecule has 1 saturated heterocycles. The fraction of sp³-hybridized carbons (Fsp3) is 0.400. The fourth-order valence-corrected chi connectivity index (χ4v) is 5.21. The molecular weight excluding hydrogens is 471 g/mol. The zero-order valence-electron chi connectivity index (χ0n) is 16.8. The SMILES string of the molecule is O=C(NCCOc1cccc(C(F)(F)F)c1)C1CCN(S(=O)(=O)c2cccnc2Cl)CC1. The number of ether oxygens (including phenoxy) is 1. The third-order valence-corrected chi connectivity index (χ3v) is 7.34. The molecule has 2 heterocycles. The highest BCUT2D eigenvalue weighted by Gasteiger charge is 2.33. The monoisotopic (exact) mass is 491 g/mol. The van der Waals surface area contributed by atoms with Crippen molar-refractivity contribution in [3.8, 4) is 5.75 Å².